The minimum atomic E-state index is -5.82. The molecule has 270 valence electrons. The minimum absolute atomic E-state index is 0.150. The van der Waals surface area contributed by atoms with Crippen LogP contribution in [0.3, 0.4) is 0 Å². The molecular weight excluding hydrogens is 709 g/mol. The molecule has 2 fully saturated rings. The molecule has 2 N–H and O–H groups in total. The summed E-state index contributed by atoms with van der Waals surface area (Å²) in [4.78, 5) is 30.2. The first-order valence-electron chi connectivity index (χ1n) is 15.9. The lowest BCUT2D eigenvalue weighted by Crippen LogP contribution is -2.58. The van der Waals surface area contributed by atoms with Crippen LogP contribution in [0, 0.1) is 5.92 Å². The molecule has 0 spiro atoms. The molecule has 1 saturated carbocycles. The second-order valence-corrected chi connectivity index (χ2v) is 14.6. The molecule has 1 heterocycles. The molecule has 2 atom stereocenters. The normalized spacial score (nSPS) is 18.2. The number of sulfonamides is 1. The van der Waals surface area contributed by atoms with Gasteiger partial charge in [-0.25, -0.2) is 13.2 Å². The van der Waals surface area contributed by atoms with E-state index in [1.807, 2.05) is 0 Å². The average molecular weight is 744 g/mol. The van der Waals surface area contributed by atoms with Crippen molar-refractivity contribution in [2.24, 2.45) is 11.7 Å². The lowest BCUT2D eigenvalue weighted by atomic mass is 9.90. The zero-order chi connectivity index (χ0) is 36.3. The Morgan fingerprint density at radius 1 is 0.880 bits per heavy atom. The molecule has 1 amide bonds. The van der Waals surface area contributed by atoms with Crippen molar-refractivity contribution in [1.29, 1.82) is 0 Å². The number of nitrogens with two attached hydrogens (primary N) is 1. The second kappa shape index (κ2) is 15.2. The number of hydrogen-bond acceptors (Lipinski definition) is 7. The fourth-order valence-corrected chi connectivity index (χ4v) is 7.46. The van der Waals surface area contributed by atoms with Crippen LogP contribution in [-0.4, -0.2) is 67.6 Å². The summed E-state index contributed by atoms with van der Waals surface area (Å²) in [6.07, 6.45) is -0.514. The summed E-state index contributed by atoms with van der Waals surface area (Å²) < 4.78 is 107. The number of hydrogen-bond donors (Lipinski definition) is 1. The number of halogens is 6. The molecule has 1 aliphatic heterocycles. The fourth-order valence-electron chi connectivity index (χ4n) is 5.98. The van der Waals surface area contributed by atoms with E-state index in [0.29, 0.717) is 22.8 Å². The van der Waals surface area contributed by atoms with Gasteiger partial charge in [-0.1, -0.05) is 67.3 Å². The number of carbonyl (C=O) groups is 2. The predicted octanol–water partition coefficient (Wildman–Crippen LogP) is 6.70. The van der Waals surface area contributed by atoms with Crippen LogP contribution in [0.25, 0.3) is 11.1 Å². The highest BCUT2D eigenvalue weighted by molar-refractivity contribution is 7.89. The van der Waals surface area contributed by atoms with Crippen LogP contribution in [0.15, 0.2) is 77.7 Å². The Labute approximate surface area is 291 Å². The summed E-state index contributed by atoms with van der Waals surface area (Å²) in [6.45, 7) is -0.149. The van der Waals surface area contributed by atoms with E-state index >= 15 is 8.78 Å². The van der Waals surface area contributed by atoms with E-state index in [0.717, 1.165) is 61.3 Å². The van der Waals surface area contributed by atoms with Gasteiger partial charge in [-0.15, -0.1) is 0 Å². The topological polar surface area (TPSA) is 119 Å². The number of benzene rings is 3. The molecule has 3 aromatic carbocycles. The molecule has 0 unspecified atom stereocenters. The molecule has 16 heteroatoms. The van der Waals surface area contributed by atoms with E-state index in [1.54, 1.807) is 24.3 Å². The molecular formula is C34H35ClF5N3O6S. The van der Waals surface area contributed by atoms with Gasteiger partial charge in [-0.3, -0.25) is 4.79 Å². The van der Waals surface area contributed by atoms with Crippen molar-refractivity contribution in [3.63, 3.8) is 0 Å². The fraction of sp³-hybridized carbons (Fsp3) is 0.412. The maximum Gasteiger partial charge on any atom is 0.492 e. The minimum Gasteiger partial charge on any atom is -0.493 e. The molecule has 9 nitrogen and oxygen atoms in total. The maximum absolute atomic E-state index is 16.7. The van der Waals surface area contributed by atoms with Gasteiger partial charge in [0.15, 0.2) is 0 Å². The highest BCUT2D eigenvalue weighted by Gasteiger charge is 2.58. The Morgan fingerprint density at radius 3 is 2.00 bits per heavy atom. The summed E-state index contributed by atoms with van der Waals surface area (Å²) in [7, 11) is -5.58. The predicted molar refractivity (Wildman–Crippen MR) is 173 cm³/mol. The van der Waals surface area contributed by atoms with Gasteiger partial charge in [-0.05, 0) is 77.2 Å². The summed E-state index contributed by atoms with van der Waals surface area (Å²) >= 11 is 5.93. The Hall–Kier alpha value is -3.79. The zero-order valence-corrected chi connectivity index (χ0v) is 28.2. The quantitative estimate of drug-likeness (QED) is 0.172. The van der Waals surface area contributed by atoms with Gasteiger partial charge < -0.3 is 20.2 Å². The molecule has 3 aromatic rings. The smallest absolute Gasteiger partial charge is 0.492 e. The van der Waals surface area contributed by atoms with Crippen LogP contribution in [0.4, 0.5) is 22.0 Å². The van der Waals surface area contributed by atoms with Gasteiger partial charge in [0.2, 0.25) is 6.04 Å². The molecule has 5 rings (SSSR count). The van der Waals surface area contributed by atoms with E-state index in [9.17, 15) is 31.2 Å². The molecule has 2 aliphatic rings. The standard InChI is InChI=1S/C34H35ClF5N3O6S/c35-26-12-8-24(9-13-26)23-6-10-25(11-7-23)33(36,37)30(31(44)42-19-18-27(41)20-42)43(49-32(45)34(38,39)40)50(46,47)29-16-14-28(15-17-29)48-21-22-4-2-1-3-5-22/h6-17,22,27,30H,1-5,18-21,41H2/t27-,30-/m1/s1. The number of ether oxygens (including phenoxy) is 1. The number of carbonyl (C=O) groups excluding carboxylic acids is 2. The summed E-state index contributed by atoms with van der Waals surface area (Å²) in [5, 5.41) is 0.427. The summed E-state index contributed by atoms with van der Waals surface area (Å²) in [5.41, 5.74) is 5.96. The van der Waals surface area contributed by atoms with Crippen molar-refractivity contribution < 1.29 is 49.5 Å². The van der Waals surface area contributed by atoms with Crippen molar-refractivity contribution in [2.45, 2.75) is 67.6 Å². The monoisotopic (exact) mass is 743 g/mol. The van der Waals surface area contributed by atoms with Crippen LogP contribution >= 0.6 is 11.6 Å². The molecule has 50 heavy (non-hydrogen) atoms. The van der Waals surface area contributed by atoms with Crippen molar-refractivity contribution >= 4 is 33.5 Å². The molecule has 0 radical (unpaired) electrons. The molecule has 0 bridgehead atoms. The van der Waals surface area contributed by atoms with E-state index in [2.05, 4.69) is 4.84 Å². The van der Waals surface area contributed by atoms with Gasteiger partial charge in [0.1, 0.15) is 5.75 Å². The van der Waals surface area contributed by atoms with Gasteiger partial charge in [0.25, 0.3) is 15.9 Å². The Kier molecular flexibility index (Phi) is 11.4. The number of amides is 1. The SMILES string of the molecule is N[C@@H]1CCN(C(=O)[C@@H](N(OC(=O)C(F)(F)F)S(=O)(=O)c2ccc(OCC3CCCCC3)cc2)C(F)(F)c2ccc(-c3ccc(Cl)cc3)cc2)C1. The van der Waals surface area contributed by atoms with Crippen molar-refractivity contribution in [3.05, 3.63) is 83.4 Å². The summed E-state index contributed by atoms with van der Waals surface area (Å²) in [6, 6.07) is 10.9. The third-order valence-electron chi connectivity index (χ3n) is 8.75. The van der Waals surface area contributed by atoms with Crippen LogP contribution in [0.5, 0.6) is 5.75 Å². The maximum atomic E-state index is 16.7. The molecule has 0 aromatic heterocycles. The first kappa shape index (κ1) is 37.5. The van der Waals surface area contributed by atoms with Crippen LogP contribution < -0.4 is 10.5 Å². The Morgan fingerprint density at radius 2 is 1.46 bits per heavy atom. The third-order valence-corrected chi connectivity index (χ3v) is 10.6. The third kappa shape index (κ3) is 8.56. The van der Waals surface area contributed by atoms with Crippen molar-refractivity contribution in [2.75, 3.05) is 19.7 Å². The van der Waals surface area contributed by atoms with E-state index in [-0.39, 0.29) is 31.2 Å². The van der Waals surface area contributed by atoms with Crippen molar-refractivity contribution in [3.8, 4) is 16.9 Å². The highest BCUT2D eigenvalue weighted by Crippen LogP contribution is 2.40. The number of rotatable bonds is 11. The Balaban J connectivity index is 1.54. The van der Waals surface area contributed by atoms with Gasteiger partial charge in [0, 0.05) is 29.7 Å². The number of nitrogens with zero attached hydrogens (tertiary/aromatic N) is 2. The van der Waals surface area contributed by atoms with Crippen LogP contribution in [-0.2, 0) is 30.4 Å². The van der Waals surface area contributed by atoms with Gasteiger partial charge in [-0.2, -0.15) is 22.0 Å². The largest absolute Gasteiger partial charge is 0.493 e. The lowest BCUT2D eigenvalue weighted by molar-refractivity contribution is -0.239. The van der Waals surface area contributed by atoms with E-state index in [4.69, 9.17) is 22.1 Å². The number of hydroxylamine groups is 1. The Bertz CT molecular complexity index is 1750. The molecule has 1 aliphatic carbocycles. The molecule has 1 saturated heterocycles. The lowest BCUT2D eigenvalue weighted by Gasteiger charge is -2.35. The van der Waals surface area contributed by atoms with E-state index < -0.39 is 61.0 Å². The zero-order valence-electron chi connectivity index (χ0n) is 26.6. The van der Waals surface area contributed by atoms with Gasteiger partial charge in [0.05, 0.1) is 11.5 Å². The first-order valence-corrected chi connectivity index (χ1v) is 17.7. The van der Waals surface area contributed by atoms with Gasteiger partial charge >= 0.3 is 18.1 Å². The second-order valence-electron chi connectivity index (χ2n) is 12.4. The van der Waals surface area contributed by atoms with Crippen molar-refractivity contribution in [1.82, 2.24) is 9.37 Å². The highest BCUT2D eigenvalue weighted by atomic mass is 35.5. The average Bonchev–Trinajstić information content (AvgIpc) is 3.53. The number of likely N-dealkylation sites (tertiary alicyclic amines) is 1. The van der Waals surface area contributed by atoms with E-state index in [1.165, 1.54) is 24.3 Å². The van der Waals surface area contributed by atoms with Crippen LogP contribution in [0.1, 0.15) is 44.1 Å². The first-order chi connectivity index (χ1) is 23.6. The van der Waals surface area contributed by atoms with Crippen LogP contribution in [0.2, 0.25) is 5.02 Å². The summed E-state index contributed by atoms with van der Waals surface area (Å²) in [5.74, 6) is -8.78. The number of alkyl halides is 5.